The van der Waals surface area contributed by atoms with Crippen LogP contribution in [0.4, 0.5) is 11.4 Å². The number of nitrogens with one attached hydrogen (secondary N) is 1. The molecular weight excluding hydrogens is 412 g/mol. The predicted octanol–water partition coefficient (Wildman–Crippen LogP) is 5.01. The summed E-state index contributed by atoms with van der Waals surface area (Å²) in [5, 5.41) is 13.9. The van der Waals surface area contributed by atoms with Gasteiger partial charge in [-0.2, -0.15) is 0 Å². The van der Waals surface area contributed by atoms with E-state index in [-0.39, 0.29) is 23.3 Å². The highest BCUT2D eigenvalue weighted by atomic mass is 16.6. The van der Waals surface area contributed by atoms with Gasteiger partial charge in [-0.05, 0) is 49.9 Å². The van der Waals surface area contributed by atoms with E-state index in [0.717, 1.165) is 24.8 Å². The fourth-order valence-corrected chi connectivity index (χ4v) is 4.06. The van der Waals surface area contributed by atoms with Crippen LogP contribution in [0.5, 0.6) is 5.75 Å². The molecule has 2 aromatic rings. The first-order valence-electron chi connectivity index (χ1n) is 10.8. The Morgan fingerprint density at radius 3 is 2.38 bits per heavy atom. The van der Waals surface area contributed by atoms with E-state index in [4.69, 9.17) is 9.47 Å². The Labute approximate surface area is 187 Å². The second-order valence-electron chi connectivity index (χ2n) is 8.09. The second kappa shape index (κ2) is 9.80. The Balaban J connectivity index is 1.89. The van der Waals surface area contributed by atoms with E-state index in [1.807, 2.05) is 13.8 Å². The maximum Gasteiger partial charge on any atom is 0.341 e. The molecule has 1 aliphatic rings. The van der Waals surface area contributed by atoms with Crippen LogP contribution in [-0.4, -0.2) is 30.0 Å². The van der Waals surface area contributed by atoms with Gasteiger partial charge >= 0.3 is 5.97 Å². The Bertz CT molecular complexity index is 996. The Morgan fingerprint density at radius 2 is 1.81 bits per heavy atom. The van der Waals surface area contributed by atoms with Crippen molar-refractivity contribution in [2.45, 2.75) is 57.5 Å². The molecule has 0 heterocycles. The lowest BCUT2D eigenvalue weighted by atomic mass is 9.78. The van der Waals surface area contributed by atoms with Crippen molar-refractivity contribution in [3.8, 4) is 5.75 Å². The highest BCUT2D eigenvalue weighted by molar-refractivity contribution is 6.01. The molecule has 0 spiro atoms. The molecule has 1 amide bonds. The smallest absolute Gasteiger partial charge is 0.341 e. The average molecular weight is 440 g/mol. The number of rotatable bonds is 8. The van der Waals surface area contributed by atoms with Crippen molar-refractivity contribution in [1.29, 1.82) is 0 Å². The van der Waals surface area contributed by atoms with E-state index in [1.165, 1.54) is 19.2 Å². The Morgan fingerprint density at radius 1 is 1.16 bits per heavy atom. The number of hydrogen-bond acceptors (Lipinski definition) is 6. The van der Waals surface area contributed by atoms with Gasteiger partial charge in [-0.1, -0.05) is 31.9 Å². The quantitative estimate of drug-likeness (QED) is 0.351. The third kappa shape index (κ3) is 4.74. The molecule has 1 atom stereocenters. The number of nitro groups is 1. The summed E-state index contributed by atoms with van der Waals surface area (Å²) in [6, 6.07) is 11.1. The van der Waals surface area contributed by atoms with Gasteiger partial charge in [0.05, 0.1) is 23.6 Å². The number of methoxy groups -OCH3 is 1. The molecule has 0 radical (unpaired) electrons. The molecule has 3 rings (SSSR count). The fourth-order valence-electron chi connectivity index (χ4n) is 4.06. The van der Waals surface area contributed by atoms with Gasteiger partial charge in [0.25, 0.3) is 5.69 Å². The molecule has 0 aliphatic heterocycles. The van der Waals surface area contributed by atoms with E-state index >= 15 is 0 Å². The minimum absolute atomic E-state index is 0.0121. The van der Waals surface area contributed by atoms with Crippen molar-refractivity contribution in [2.24, 2.45) is 0 Å². The molecular formula is C24H28N2O6. The summed E-state index contributed by atoms with van der Waals surface area (Å²) in [6.45, 7) is 3.89. The van der Waals surface area contributed by atoms with Gasteiger partial charge in [-0.3, -0.25) is 14.9 Å². The van der Waals surface area contributed by atoms with E-state index in [1.54, 1.807) is 30.3 Å². The molecule has 0 aromatic heterocycles. The largest absolute Gasteiger partial charge is 0.490 e. The molecule has 170 valence electrons. The first kappa shape index (κ1) is 23.2. The molecule has 8 nitrogen and oxygen atoms in total. The zero-order valence-corrected chi connectivity index (χ0v) is 18.6. The van der Waals surface area contributed by atoms with Gasteiger partial charge in [-0.25, -0.2) is 4.79 Å². The van der Waals surface area contributed by atoms with Crippen LogP contribution in [-0.2, 0) is 14.9 Å². The summed E-state index contributed by atoms with van der Waals surface area (Å²) >= 11 is 0. The third-order valence-electron chi connectivity index (χ3n) is 6.07. The van der Waals surface area contributed by atoms with Crippen molar-refractivity contribution in [3.63, 3.8) is 0 Å². The standard InChI is InChI=1S/C24H28N2O6/c1-4-16(2)32-21-12-9-18(15-20(21)22(27)31-3)25-23(28)24(13-5-6-14-24)17-7-10-19(11-8-17)26(29)30/h7-12,15-16H,4-6,13-14H2,1-3H3,(H,25,28). The third-order valence-corrected chi connectivity index (χ3v) is 6.07. The van der Waals surface area contributed by atoms with Crippen LogP contribution >= 0.6 is 0 Å². The fraction of sp³-hybridized carbons (Fsp3) is 0.417. The van der Waals surface area contributed by atoms with E-state index < -0.39 is 16.3 Å². The number of hydrogen-bond donors (Lipinski definition) is 1. The zero-order valence-electron chi connectivity index (χ0n) is 18.6. The predicted molar refractivity (Wildman–Crippen MR) is 120 cm³/mol. The number of nitro benzene ring substituents is 1. The summed E-state index contributed by atoms with van der Waals surface area (Å²) < 4.78 is 10.7. The number of carbonyl (C=O) groups excluding carboxylic acids is 2. The number of anilines is 1. The van der Waals surface area contributed by atoms with Gasteiger partial charge < -0.3 is 14.8 Å². The molecule has 8 heteroatoms. The van der Waals surface area contributed by atoms with Crippen LogP contribution in [0, 0.1) is 10.1 Å². The molecule has 2 aromatic carbocycles. The van der Waals surface area contributed by atoms with Crippen LogP contribution in [0.2, 0.25) is 0 Å². The summed E-state index contributed by atoms with van der Waals surface area (Å²) in [5.41, 5.74) is 0.665. The minimum Gasteiger partial charge on any atom is -0.490 e. The maximum absolute atomic E-state index is 13.4. The number of carbonyl (C=O) groups is 2. The number of ether oxygens (including phenoxy) is 2. The first-order chi connectivity index (χ1) is 15.3. The lowest BCUT2D eigenvalue weighted by Crippen LogP contribution is -2.38. The average Bonchev–Trinajstić information content (AvgIpc) is 3.30. The summed E-state index contributed by atoms with van der Waals surface area (Å²) in [6.07, 6.45) is 3.77. The molecule has 1 fully saturated rings. The summed E-state index contributed by atoms with van der Waals surface area (Å²) in [4.78, 5) is 36.3. The van der Waals surface area contributed by atoms with Crippen LogP contribution < -0.4 is 10.1 Å². The molecule has 32 heavy (non-hydrogen) atoms. The van der Waals surface area contributed by atoms with Crippen molar-refractivity contribution >= 4 is 23.3 Å². The molecule has 0 bridgehead atoms. The summed E-state index contributed by atoms with van der Waals surface area (Å²) in [7, 11) is 1.29. The van der Waals surface area contributed by atoms with E-state index in [0.29, 0.717) is 24.3 Å². The maximum atomic E-state index is 13.4. The number of esters is 1. The normalized spacial score (nSPS) is 15.6. The van der Waals surface area contributed by atoms with Gasteiger partial charge in [0.1, 0.15) is 11.3 Å². The molecule has 1 aliphatic carbocycles. The van der Waals surface area contributed by atoms with Crippen LogP contribution in [0.1, 0.15) is 61.9 Å². The minimum atomic E-state index is -0.771. The molecule has 1 unspecified atom stereocenters. The van der Waals surface area contributed by atoms with Gasteiger partial charge in [-0.15, -0.1) is 0 Å². The number of benzene rings is 2. The van der Waals surface area contributed by atoms with E-state index in [2.05, 4.69) is 5.32 Å². The van der Waals surface area contributed by atoms with Crippen molar-refractivity contribution in [1.82, 2.24) is 0 Å². The molecule has 1 saturated carbocycles. The lowest BCUT2D eigenvalue weighted by Gasteiger charge is -2.28. The first-order valence-corrected chi connectivity index (χ1v) is 10.8. The number of amides is 1. The monoisotopic (exact) mass is 440 g/mol. The number of non-ortho nitro benzene ring substituents is 1. The Kier molecular flexibility index (Phi) is 7.12. The van der Waals surface area contributed by atoms with Crippen LogP contribution in [0.3, 0.4) is 0 Å². The van der Waals surface area contributed by atoms with Crippen LogP contribution in [0.25, 0.3) is 0 Å². The number of nitrogens with zero attached hydrogens (tertiary/aromatic N) is 1. The van der Waals surface area contributed by atoms with Crippen molar-refractivity contribution in [3.05, 3.63) is 63.7 Å². The lowest BCUT2D eigenvalue weighted by molar-refractivity contribution is -0.384. The van der Waals surface area contributed by atoms with Crippen LogP contribution in [0.15, 0.2) is 42.5 Å². The topological polar surface area (TPSA) is 108 Å². The molecule has 1 N–H and O–H groups in total. The molecule has 0 saturated heterocycles. The highest BCUT2D eigenvalue weighted by Crippen LogP contribution is 2.42. The van der Waals surface area contributed by atoms with Gasteiger partial charge in [0, 0.05) is 17.8 Å². The van der Waals surface area contributed by atoms with Crippen molar-refractivity contribution < 1.29 is 24.0 Å². The highest BCUT2D eigenvalue weighted by Gasteiger charge is 2.43. The summed E-state index contributed by atoms with van der Waals surface area (Å²) in [5.74, 6) is -0.351. The Hall–Kier alpha value is -3.42. The second-order valence-corrected chi connectivity index (χ2v) is 8.09. The zero-order chi connectivity index (χ0) is 23.3. The SMILES string of the molecule is CCC(C)Oc1ccc(NC(=O)C2(c3ccc([N+](=O)[O-])cc3)CCCC2)cc1C(=O)OC. The van der Waals surface area contributed by atoms with E-state index in [9.17, 15) is 19.7 Å². The van der Waals surface area contributed by atoms with Gasteiger partial charge in [0.2, 0.25) is 5.91 Å². The van der Waals surface area contributed by atoms with Gasteiger partial charge in [0.15, 0.2) is 0 Å². The van der Waals surface area contributed by atoms with Crippen molar-refractivity contribution in [2.75, 3.05) is 12.4 Å².